The van der Waals surface area contributed by atoms with E-state index in [0.29, 0.717) is 22.0 Å². The third-order valence-corrected chi connectivity index (χ3v) is 3.07. The van der Waals surface area contributed by atoms with E-state index in [1.54, 1.807) is 55.6 Å². The number of carboxylic acids is 1. The predicted octanol–water partition coefficient (Wildman–Crippen LogP) is 2.25. The summed E-state index contributed by atoms with van der Waals surface area (Å²) in [6, 6.07) is 12.6. The molecule has 0 aliphatic heterocycles. The summed E-state index contributed by atoms with van der Waals surface area (Å²) in [6.07, 6.45) is 0. The van der Waals surface area contributed by atoms with Gasteiger partial charge in [-0.15, -0.1) is 0 Å². The van der Waals surface area contributed by atoms with E-state index in [4.69, 9.17) is 16.3 Å². The van der Waals surface area contributed by atoms with Crippen molar-refractivity contribution in [2.24, 2.45) is 0 Å². The van der Waals surface area contributed by atoms with Gasteiger partial charge < -0.3 is 20.0 Å². The Labute approximate surface area is 122 Å². The molecule has 0 saturated carbocycles. The lowest BCUT2D eigenvalue weighted by molar-refractivity contribution is -0.307. The summed E-state index contributed by atoms with van der Waals surface area (Å²) in [4.78, 5) is 11.3. The van der Waals surface area contributed by atoms with Crippen LogP contribution in [0.25, 0.3) is 0 Å². The van der Waals surface area contributed by atoms with Crippen LogP contribution >= 0.6 is 11.6 Å². The first-order valence-electron chi connectivity index (χ1n) is 5.97. The van der Waals surface area contributed by atoms with Gasteiger partial charge >= 0.3 is 0 Å². The van der Waals surface area contributed by atoms with Crippen LogP contribution in [-0.4, -0.2) is 13.1 Å². The lowest BCUT2D eigenvalue weighted by Gasteiger charge is -2.21. The number of halogens is 1. The maximum absolute atomic E-state index is 11.3. The van der Waals surface area contributed by atoms with Crippen LogP contribution in [0.15, 0.2) is 48.5 Å². The molecule has 1 N–H and O–H groups in total. The summed E-state index contributed by atoms with van der Waals surface area (Å²) >= 11 is 5.80. The quantitative estimate of drug-likeness (QED) is 0.917. The van der Waals surface area contributed by atoms with Crippen LogP contribution in [0.2, 0.25) is 5.02 Å². The van der Waals surface area contributed by atoms with Crippen LogP contribution in [0, 0.1) is 0 Å². The van der Waals surface area contributed by atoms with Crippen molar-refractivity contribution in [1.29, 1.82) is 0 Å². The molecule has 0 spiro atoms. The Kier molecular flexibility index (Phi) is 4.48. The third kappa shape index (κ3) is 3.42. The van der Waals surface area contributed by atoms with Crippen LogP contribution in [0.5, 0.6) is 5.75 Å². The average molecular weight is 291 g/mol. The van der Waals surface area contributed by atoms with Crippen LogP contribution in [-0.2, 0) is 4.79 Å². The number of aliphatic carboxylic acids is 1. The Balaban J connectivity index is 2.25. The Morgan fingerprint density at radius 1 is 1.25 bits per heavy atom. The van der Waals surface area contributed by atoms with Crippen molar-refractivity contribution in [3.63, 3.8) is 0 Å². The van der Waals surface area contributed by atoms with E-state index in [9.17, 15) is 9.90 Å². The van der Waals surface area contributed by atoms with Gasteiger partial charge in [-0.1, -0.05) is 29.8 Å². The molecule has 0 heterocycles. The minimum Gasteiger partial charge on any atom is -0.548 e. The van der Waals surface area contributed by atoms with Gasteiger partial charge in [-0.05, 0) is 29.8 Å². The van der Waals surface area contributed by atoms with Gasteiger partial charge in [-0.2, -0.15) is 0 Å². The highest BCUT2D eigenvalue weighted by Crippen LogP contribution is 2.23. The van der Waals surface area contributed by atoms with Crippen LogP contribution in [0.3, 0.4) is 0 Å². The molecule has 0 unspecified atom stereocenters. The molecule has 2 rings (SSSR count). The molecule has 0 amide bonds. The smallest absolute Gasteiger partial charge is 0.120 e. The number of carbonyl (C=O) groups is 1. The molecular weight excluding hydrogens is 278 g/mol. The second-order valence-electron chi connectivity index (χ2n) is 4.18. The second-order valence-corrected chi connectivity index (χ2v) is 4.62. The molecule has 0 aliphatic rings. The normalized spacial score (nSPS) is 11.7. The fraction of sp³-hybridized carbons (Fsp3) is 0.133. The summed E-state index contributed by atoms with van der Waals surface area (Å²) in [6.45, 7) is 0. The fourth-order valence-electron chi connectivity index (χ4n) is 1.81. The van der Waals surface area contributed by atoms with Gasteiger partial charge in [0.25, 0.3) is 0 Å². The van der Waals surface area contributed by atoms with Crippen molar-refractivity contribution < 1.29 is 14.6 Å². The first kappa shape index (κ1) is 14.2. The molecule has 4 nitrogen and oxygen atoms in total. The van der Waals surface area contributed by atoms with Crippen LogP contribution < -0.4 is 15.2 Å². The summed E-state index contributed by atoms with van der Waals surface area (Å²) in [5.41, 5.74) is 1.20. The van der Waals surface area contributed by atoms with E-state index < -0.39 is 12.0 Å². The Hall–Kier alpha value is -2.20. The van der Waals surface area contributed by atoms with Gasteiger partial charge in [0.1, 0.15) is 5.75 Å². The summed E-state index contributed by atoms with van der Waals surface area (Å²) < 4.78 is 5.10. The van der Waals surface area contributed by atoms with Crippen LogP contribution in [0.1, 0.15) is 11.6 Å². The number of ether oxygens (including phenoxy) is 1. The van der Waals surface area contributed by atoms with E-state index in [2.05, 4.69) is 5.32 Å². The standard InChI is InChI=1S/C15H14ClNO3/c1-20-13-4-2-3-12(9-13)17-14(15(18)19)10-5-7-11(16)8-6-10/h2-9,14,17H,1H3,(H,18,19)/p-1/t14-/m0/s1. The van der Waals surface area contributed by atoms with E-state index in [1.165, 1.54) is 0 Å². The van der Waals surface area contributed by atoms with Gasteiger partial charge in [0.2, 0.25) is 0 Å². The van der Waals surface area contributed by atoms with Gasteiger partial charge in [0.05, 0.1) is 19.1 Å². The monoisotopic (exact) mass is 290 g/mol. The number of anilines is 1. The number of nitrogens with one attached hydrogen (secondary N) is 1. The highest BCUT2D eigenvalue weighted by atomic mass is 35.5. The third-order valence-electron chi connectivity index (χ3n) is 2.82. The van der Waals surface area contributed by atoms with Crippen molar-refractivity contribution in [3.8, 4) is 5.75 Å². The van der Waals surface area contributed by atoms with Crippen molar-refractivity contribution in [3.05, 3.63) is 59.1 Å². The highest BCUT2D eigenvalue weighted by molar-refractivity contribution is 6.30. The molecule has 0 fully saturated rings. The maximum Gasteiger partial charge on any atom is 0.120 e. The highest BCUT2D eigenvalue weighted by Gasteiger charge is 2.12. The minimum atomic E-state index is -1.21. The van der Waals surface area contributed by atoms with Gasteiger partial charge in [0, 0.05) is 16.8 Å². The first-order chi connectivity index (χ1) is 9.60. The van der Waals surface area contributed by atoms with Gasteiger partial charge in [-0.3, -0.25) is 0 Å². The number of carboxylic acid groups (broad SMARTS) is 1. The number of hydrogen-bond donors (Lipinski definition) is 1. The lowest BCUT2D eigenvalue weighted by Crippen LogP contribution is -2.34. The maximum atomic E-state index is 11.3. The zero-order chi connectivity index (χ0) is 14.5. The summed E-state index contributed by atoms with van der Waals surface area (Å²) in [7, 11) is 1.55. The number of carbonyl (C=O) groups excluding carboxylic acids is 1. The SMILES string of the molecule is COc1cccc(N[C@H](C(=O)[O-])c2ccc(Cl)cc2)c1. The second kappa shape index (κ2) is 6.30. The molecule has 0 aromatic heterocycles. The Morgan fingerprint density at radius 3 is 2.55 bits per heavy atom. The molecule has 2 aromatic rings. The molecule has 5 heteroatoms. The van der Waals surface area contributed by atoms with Crippen molar-refractivity contribution in [2.45, 2.75) is 6.04 Å². The predicted molar refractivity (Wildman–Crippen MR) is 75.8 cm³/mol. The Morgan fingerprint density at radius 2 is 1.95 bits per heavy atom. The fourth-order valence-corrected chi connectivity index (χ4v) is 1.94. The molecule has 0 aliphatic carbocycles. The molecule has 0 saturated heterocycles. The van der Waals surface area contributed by atoms with Gasteiger partial charge in [0.15, 0.2) is 0 Å². The van der Waals surface area contributed by atoms with Crippen molar-refractivity contribution in [2.75, 3.05) is 12.4 Å². The molecule has 0 radical (unpaired) electrons. The summed E-state index contributed by atoms with van der Waals surface area (Å²) in [5.74, 6) is -0.571. The number of rotatable bonds is 5. The molecule has 1 atom stereocenters. The first-order valence-corrected chi connectivity index (χ1v) is 6.35. The molecule has 0 bridgehead atoms. The summed E-state index contributed by atoms with van der Waals surface area (Å²) in [5, 5.41) is 14.8. The molecule has 20 heavy (non-hydrogen) atoms. The number of methoxy groups -OCH3 is 1. The molecule has 2 aromatic carbocycles. The van der Waals surface area contributed by atoms with Crippen molar-refractivity contribution >= 4 is 23.3 Å². The minimum absolute atomic E-state index is 0.548. The average Bonchev–Trinajstić information content (AvgIpc) is 2.46. The largest absolute Gasteiger partial charge is 0.548 e. The Bertz CT molecular complexity index is 598. The topological polar surface area (TPSA) is 61.4 Å². The number of benzene rings is 2. The van der Waals surface area contributed by atoms with E-state index in [-0.39, 0.29) is 0 Å². The molecular formula is C15H13ClNO3-. The number of hydrogen-bond acceptors (Lipinski definition) is 4. The van der Waals surface area contributed by atoms with Gasteiger partial charge in [-0.25, -0.2) is 0 Å². The lowest BCUT2D eigenvalue weighted by atomic mass is 10.1. The van der Waals surface area contributed by atoms with E-state index in [1.807, 2.05) is 0 Å². The van der Waals surface area contributed by atoms with Crippen LogP contribution in [0.4, 0.5) is 5.69 Å². The van der Waals surface area contributed by atoms with Crippen molar-refractivity contribution in [1.82, 2.24) is 0 Å². The zero-order valence-electron chi connectivity index (χ0n) is 10.8. The van der Waals surface area contributed by atoms with E-state index >= 15 is 0 Å². The molecule has 104 valence electrons. The zero-order valence-corrected chi connectivity index (χ0v) is 11.6. The van der Waals surface area contributed by atoms with E-state index in [0.717, 1.165) is 0 Å².